The first-order chi connectivity index (χ1) is 19.2. The molecular formula is C31H35N7O2. The highest BCUT2D eigenvalue weighted by molar-refractivity contribution is 5.93. The Morgan fingerprint density at radius 1 is 1.15 bits per heavy atom. The van der Waals surface area contributed by atoms with Crippen molar-refractivity contribution in [1.29, 1.82) is 5.26 Å². The molecule has 1 aliphatic carbocycles. The Morgan fingerprint density at radius 2 is 1.82 bits per heavy atom. The second-order valence-corrected chi connectivity index (χ2v) is 10.6. The van der Waals surface area contributed by atoms with Crippen LogP contribution < -0.4 is 16.8 Å². The Morgan fingerprint density at radius 3 is 2.42 bits per heavy atom. The minimum atomic E-state index is -0.787. The average Bonchev–Trinajstić information content (AvgIpc) is 3.58. The molecule has 40 heavy (non-hydrogen) atoms. The number of aryl methyl sites for hydroxylation is 3. The third kappa shape index (κ3) is 4.87. The van der Waals surface area contributed by atoms with Crippen LogP contribution in [0.5, 0.6) is 0 Å². The summed E-state index contributed by atoms with van der Waals surface area (Å²) in [5.74, 6) is 0.494. The van der Waals surface area contributed by atoms with E-state index in [1.165, 1.54) is 0 Å². The highest BCUT2D eigenvalue weighted by Gasteiger charge is 2.45. The largest absolute Gasteiger partial charge is 0.424 e. The zero-order chi connectivity index (χ0) is 28.4. The standard InChI is InChI=1S/C31H35N7O2/c1-19(38-14-4-5-26(38)17-32)18-35-13-12-31(30-37-36-21(3)40-30)27-10-8-22(20(2)33)15-23(27)6-7-24-16-25(29(34)39)9-11-28(24)31/h8-11,15-16,26,35H,1-2,4-7,12-14,18,33H2,3H3,(H2,34,39). The summed E-state index contributed by atoms with van der Waals surface area (Å²) < 4.78 is 6.19. The lowest BCUT2D eigenvalue weighted by Gasteiger charge is -2.34. The van der Waals surface area contributed by atoms with Crippen LogP contribution in [0, 0.1) is 18.3 Å². The van der Waals surface area contributed by atoms with Gasteiger partial charge >= 0.3 is 0 Å². The van der Waals surface area contributed by atoms with Gasteiger partial charge in [0.05, 0.1) is 6.07 Å². The molecule has 9 nitrogen and oxygen atoms in total. The van der Waals surface area contributed by atoms with Gasteiger partial charge in [0, 0.05) is 37.0 Å². The molecule has 5 N–H and O–H groups in total. The molecule has 0 saturated carbocycles. The average molecular weight is 538 g/mol. The van der Waals surface area contributed by atoms with Gasteiger partial charge in [-0.25, -0.2) is 0 Å². The summed E-state index contributed by atoms with van der Waals surface area (Å²) in [5, 5.41) is 21.8. The summed E-state index contributed by atoms with van der Waals surface area (Å²) in [6, 6.07) is 14.0. The van der Waals surface area contributed by atoms with Crippen LogP contribution in [-0.2, 0) is 18.3 Å². The van der Waals surface area contributed by atoms with Gasteiger partial charge in [-0.1, -0.05) is 31.4 Å². The van der Waals surface area contributed by atoms with E-state index in [2.05, 4.69) is 51.8 Å². The first-order valence-electron chi connectivity index (χ1n) is 13.6. The number of carbonyl (C=O) groups excluding carboxylic acids is 1. The number of hydrogen-bond acceptors (Lipinski definition) is 8. The summed E-state index contributed by atoms with van der Waals surface area (Å²) in [6.07, 6.45) is 3.90. The molecule has 2 aliphatic rings. The number of benzene rings is 2. The third-order valence-corrected chi connectivity index (χ3v) is 8.15. The van der Waals surface area contributed by atoms with Crippen LogP contribution in [0.15, 0.2) is 59.7 Å². The Balaban J connectivity index is 1.57. The maximum Gasteiger partial charge on any atom is 0.248 e. The van der Waals surface area contributed by atoms with Crippen LogP contribution in [0.2, 0.25) is 0 Å². The summed E-state index contributed by atoms with van der Waals surface area (Å²) >= 11 is 0. The monoisotopic (exact) mass is 537 g/mol. The van der Waals surface area contributed by atoms with Crippen LogP contribution in [0.4, 0.5) is 0 Å². The fraction of sp³-hybridized carbons (Fsp3) is 0.355. The number of hydrogen-bond donors (Lipinski definition) is 3. The Labute approximate surface area is 234 Å². The Hall–Kier alpha value is -4.42. The fourth-order valence-corrected chi connectivity index (χ4v) is 6.17. The minimum absolute atomic E-state index is 0.117. The van der Waals surface area contributed by atoms with Crippen LogP contribution >= 0.6 is 0 Å². The lowest BCUT2D eigenvalue weighted by atomic mass is 9.69. The van der Waals surface area contributed by atoms with E-state index < -0.39 is 11.3 Å². The number of fused-ring (bicyclic) bond motifs is 2. The van der Waals surface area contributed by atoms with Gasteiger partial charge in [0.15, 0.2) is 0 Å². The second kappa shape index (κ2) is 11.0. The number of likely N-dealkylation sites (tertiary alicyclic amines) is 1. The van der Waals surface area contributed by atoms with E-state index in [-0.39, 0.29) is 6.04 Å². The van der Waals surface area contributed by atoms with Gasteiger partial charge in [-0.2, -0.15) is 5.26 Å². The smallest absolute Gasteiger partial charge is 0.248 e. The van der Waals surface area contributed by atoms with Gasteiger partial charge < -0.3 is 26.1 Å². The van der Waals surface area contributed by atoms with Gasteiger partial charge in [0.1, 0.15) is 11.5 Å². The highest BCUT2D eigenvalue weighted by atomic mass is 16.4. The number of aromatic nitrogens is 2. The van der Waals surface area contributed by atoms with E-state index in [4.69, 9.17) is 15.9 Å². The third-order valence-electron chi connectivity index (χ3n) is 8.15. The van der Waals surface area contributed by atoms with Crippen molar-refractivity contribution in [1.82, 2.24) is 20.4 Å². The zero-order valence-electron chi connectivity index (χ0n) is 22.9. The molecule has 206 valence electrons. The molecule has 3 aromatic rings. The highest BCUT2D eigenvalue weighted by Crippen LogP contribution is 2.47. The molecule has 9 heteroatoms. The molecule has 2 aromatic carbocycles. The summed E-state index contributed by atoms with van der Waals surface area (Å²) in [5.41, 5.74) is 17.8. The quantitative estimate of drug-likeness (QED) is 0.352. The number of carbonyl (C=O) groups is 1. The van der Waals surface area contributed by atoms with Crippen LogP contribution in [0.1, 0.15) is 69.2 Å². The molecule has 0 radical (unpaired) electrons. The van der Waals surface area contributed by atoms with Crippen molar-refractivity contribution in [3.63, 3.8) is 0 Å². The van der Waals surface area contributed by atoms with Gasteiger partial charge in [0.25, 0.3) is 0 Å². The second-order valence-electron chi connectivity index (χ2n) is 10.6. The summed E-state index contributed by atoms with van der Waals surface area (Å²) in [4.78, 5) is 14.2. The van der Waals surface area contributed by atoms with Gasteiger partial charge in [-0.05, 0) is 84.7 Å². The molecule has 5 rings (SSSR count). The molecule has 2 atom stereocenters. The van der Waals surface area contributed by atoms with E-state index >= 15 is 0 Å². The lowest BCUT2D eigenvalue weighted by molar-refractivity contribution is 0.1000. The van der Waals surface area contributed by atoms with Crippen LogP contribution in [-0.4, -0.2) is 46.7 Å². The number of nitrogens with one attached hydrogen (secondary N) is 1. The number of nitrogens with zero attached hydrogens (tertiary/aromatic N) is 4. The lowest BCUT2D eigenvalue weighted by Crippen LogP contribution is -2.37. The predicted molar refractivity (Wildman–Crippen MR) is 153 cm³/mol. The van der Waals surface area contributed by atoms with Crippen LogP contribution in [0.25, 0.3) is 5.70 Å². The number of primary amides is 1. The van der Waals surface area contributed by atoms with E-state index in [1.54, 1.807) is 13.0 Å². The zero-order valence-corrected chi connectivity index (χ0v) is 22.9. The number of amides is 1. The molecule has 1 fully saturated rings. The van der Waals surface area contributed by atoms with Gasteiger partial charge in [-0.3, -0.25) is 4.79 Å². The van der Waals surface area contributed by atoms with Crippen molar-refractivity contribution in [2.24, 2.45) is 11.5 Å². The van der Waals surface area contributed by atoms with Crippen molar-refractivity contribution in [2.45, 2.75) is 50.5 Å². The van der Waals surface area contributed by atoms with Crippen molar-refractivity contribution >= 4 is 11.6 Å². The molecule has 1 saturated heterocycles. The van der Waals surface area contributed by atoms with E-state index in [0.717, 1.165) is 59.3 Å². The number of rotatable bonds is 9. The summed E-state index contributed by atoms with van der Waals surface area (Å²) in [6.45, 7) is 12.0. The number of nitrogens with two attached hydrogens (primary N) is 2. The maximum atomic E-state index is 12.1. The normalized spacial score (nSPS) is 19.8. The van der Waals surface area contributed by atoms with Crippen LogP contribution in [0.3, 0.4) is 0 Å². The Bertz CT molecular complexity index is 1450. The van der Waals surface area contributed by atoms with E-state index in [1.807, 2.05) is 18.2 Å². The van der Waals surface area contributed by atoms with Crippen molar-refractivity contribution in [2.75, 3.05) is 19.6 Å². The molecule has 1 amide bonds. The topological polar surface area (TPSA) is 147 Å². The van der Waals surface area contributed by atoms with E-state index in [0.29, 0.717) is 49.0 Å². The maximum absolute atomic E-state index is 12.1. The minimum Gasteiger partial charge on any atom is -0.424 e. The molecule has 0 spiro atoms. The molecule has 0 bridgehead atoms. The Kier molecular flexibility index (Phi) is 7.46. The first-order valence-corrected chi connectivity index (χ1v) is 13.6. The summed E-state index contributed by atoms with van der Waals surface area (Å²) in [7, 11) is 0. The fourth-order valence-electron chi connectivity index (χ4n) is 6.17. The van der Waals surface area contributed by atoms with Crippen molar-refractivity contribution in [3.8, 4) is 6.07 Å². The molecule has 1 aliphatic heterocycles. The molecule has 1 aromatic heterocycles. The predicted octanol–water partition coefficient (Wildman–Crippen LogP) is 3.32. The molecule has 2 unspecified atom stereocenters. The van der Waals surface area contributed by atoms with E-state index in [9.17, 15) is 10.1 Å². The van der Waals surface area contributed by atoms with Gasteiger partial charge in [-0.15, -0.1) is 10.2 Å². The van der Waals surface area contributed by atoms with Crippen molar-refractivity contribution < 1.29 is 9.21 Å². The van der Waals surface area contributed by atoms with Gasteiger partial charge in [0.2, 0.25) is 17.7 Å². The molecule has 2 heterocycles. The number of nitriles is 1. The first kappa shape index (κ1) is 27.2. The molecular weight excluding hydrogens is 502 g/mol. The SMILES string of the molecule is C=C(N)c1ccc2c(c1)CCc1cc(C(N)=O)ccc1C2(CCNCC(=C)N1CCCC1C#N)c1nnc(C)o1. The van der Waals surface area contributed by atoms with Crippen molar-refractivity contribution in [3.05, 3.63) is 100 Å².